The van der Waals surface area contributed by atoms with Gasteiger partial charge in [-0.3, -0.25) is 4.79 Å². The van der Waals surface area contributed by atoms with Gasteiger partial charge in [-0.1, -0.05) is 0 Å². The highest BCUT2D eigenvalue weighted by molar-refractivity contribution is 5.82. The molecule has 0 saturated carbocycles. The Morgan fingerprint density at radius 2 is 2.32 bits per heavy atom. The van der Waals surface area contributed by atoms with E-state index in [-0.39, 0.29) is 17.9 Å². The quantitative estimate of drug-likeness (QED) is 0.857. The van der Waals surface area contributed by atoms with Crippen molar-refractivity contribution in [3.63, 3.8) is 0 Å². The fourth-order valence-corrected chi connectivity index (χ4v) is 3.05. The number of nitrogens with zero attached hydrogens (tertiary/aromatic N) is 3. The predicted octanol–water partition coefficient (Wildman–Crippen LogP) is 0.834. The Bertz CT molecular complexity index is 473. The predicted molar refractivity (Wildman–Crippen MR) is 68.6 cm³/mol. The fraction of sp³-hybridized carbons (Fsp3) is 0.769. The molecule has 6 nitrogen and oxygen atoms in total. The van der Waals surface area contributed by atoms with Gasteiger partial charge in [-0.25, -0.2) is 0 Å². The van der Waals surface area contributed by atoms with Gasteiger partial charge < -0.3 is 14.6 Å². The molecule has 0 bridgehead atoms. The lowest BCUT2D eigenvalue weighted by atomic mass is 10.0. The molecule has 1 aromatic rings. The van der Waals surface area contributed by atoms with E-state index in [0.717, 1.165) is 32.4 Å². The number of carbonyl (C=O) groups is 1. The van der Waals surface area contributed by atoms with Crippen LogP contribution in [-0.2, 0) is 4.79 Å². The van der Waals surface area contributed by atoms with Crippen LogP contribution in [0.25, 0.3) is 0 Å². The van der Waals surface area contributed by atoms with Gasteiger partial charge in [-0.05, 0) is 26.2 Å². The summed E-state index contributed by atoms with van der Waals surface area (Å²) in [5, 5.41) is 11.2. The van der Waals surface area contributed by atoms with Gasteiger partial charge in [0.1, 0.15) is 0 Å². The number of hydrogen-bond acceptors (Lipinski definition) is 5. The molecular formula is C13H20N4O2. The molecule has 3 heterocycles. The Morgan fingerprint density at radius 1 is 1.47 bits per heavy atom. The minimum Gasteiger partial charge on any atom is -0.425 e. The topological polar surface area (TPSA) is 71.3 Å². The van der Waals surface area contributed by atoms with E-state index in [1.807, 2.05) is 4.90 Å². The zero-order chi connectivity index (χ0) is 13.4. The Kier molecular flexibility index (Phi) is 3.26. The summed E-state index contributed by atoms with van der Waals surface area (Å²) in [6.07, 6.45) is 2.99. The maximum atomic E-state index is 12.4. The summed E-state index contributed by atoms with van der Waals surface area (Å²) in [6.45, 7) is 5.54. The number of likely N-dealkylation sites (tertiary alicyclic amines) is 1. The monoisotopic (exact) mass is 264 g/mol. The zero-order valence-electron chi connectivity index (χ0n) is 11.4. The number of rotatable bonds is 2. The molecule has 2 saturated heterocycles. The highest BCUT2D eigenvalue weighted by Crippen LogP contribution is 2.27. The van der Waals surface area contributed by atoms with Crippen LogP contribution in [0.3, 0.4) is 0 Å². The van der Waals surface area contributed by atoms with Crippen molar-refractivity contribution < 1.29 is 9.21 Å². The molecule has 104 valence electrons. The largest absolute Gasteiger partial charge is 0.425 e. The minimum absolute atomic E-state index is 0.0993. The minimum atomic E-state index is -0.0993. The molecule has 19 heavy (non-hydrogen) atoms. The van der Waals surface area contributed by atoms with Gasteiger partial charge in [0, 0.05) is 26.1 Å². The van der Waals surface area contributed by atoms with Crippen molar-refractivity contribution in [2.75, 3.05) is 13.1 Å². The van der Waals surface area contributed by atoms with E-state index in [1.54, 1.807) is 6.92 Å². The third-order valence-corrected chi connectivity index (χ3v) is 4.16. The molecule has 2 aliphatic heterocycles. The second-order valence-electron chi connectivity index (χ2n) is 5.58. The standard InChI is InChI=1S/C13H20N4O2/c1-8-4-3-5-17(8)13(18)11-6-10(7-14-11)12-16-15-9(2)19-12/h8,10-11,14H,3-7H2,1-2H3/t8-,10?,11?/m0/s1. The zero-order valence-corrected chi connectivity index (χ0v) is 11.4. The van der Waals surface area contributed by atoms with E-state index in [4.69, 9.17) is 4.42 Å². The Balaban J connectivity index is 1.64. The summed E-state index contributed by atoms with van der Waals surface area (Å²) in [6, 6.07) is 0.275. The lowest BCUT2D eigenvalue weighted by molar-refractivity contribution is -0.133. The van der Waals surface area contributed by atoms with Crippen LogP contribution in [0.15, 0.2) is 4.42 Å². The molecular weight excluding hydrogens is 244 g/mol. The van der Waals surface area contributed by atoms with Gasteiger partial charge in [0.05, 0.1) is 12.0 Å². The number of carbonyl (C=O) groups excluding carboxylic acids is 1. The van der Waals surface area contributed by atoms with Crippen molar-refractivity contribution in [1.29, 1.82) is 0 Å². The Morgan fingerprint density at radius 3 is 2.95 bits per heavy atom. The van der Waals surface area contributed by atoms with Crippen LogP contribution in [0.4, 0.5) is 0 Å². The van der Waals surface area contributed by atoms with Gasteiger partial charge in [0.15, 0.2) is 0 Å². The summed E-state index contributed by atoms with van der Waals surface area (Å²) in [5.41, 5.74) is 0. The second-order valence-corrected chi connectivity index (χ2v) is 5.58. The van der Waals surface area contributed by atoms with Crippen molar-refractivity contribution in [3.8, 4) is 0 Å². The average molecular weight is 264 g/mol. The Labute approximate surface area is 112 Å². The molecule has 1 aromatic heterocycles. The molecule has 2 unspecified atom stereocenters. The van der Waals surface area contributed by atoms with E-state index < -0.39 is 0 Å². The molecule has 2 aliphatic rings. The molecule has 1 amide bonds. The lowest BCUT2D eigenvalue weighted by Crippen LogP contribution is -2.44. The van der Waals surface area contributed by atoms with Crippen molar-refractivity contribution in [3.05, 3.63) is 11.8 Å². The molecule has 3 rings (SSSR count). The SMILES string of the molecule is Cc1nnc(C2CNC(C(=O)N3CCC[C@@H]3C)C2)o1. The van der Waals surface area contributed by atoms with Crippen molar-refractivity contribution in [2.24, 2.45) is 0 Å². The molecule has 0 spiro atoms. The highest BCUT2D eigenvalue weighted by atomic mass is 16.4. The Hall–Kier alpha value is -1.43. The number of aromatic nitrogens is 2. The van der Waals surface area contributed by atoms with E-state index in [9.17, 15) is 4.79 Å². The summed E-state index contributed by atoms with van der Waals surface area (Å²) in [4.78, 5) is 14.4. The van der Waals surface area contributed by atoms with Gasteiger partial charge in [0.25, 0.3) is 0 Å². The first-order valence-electron chi connectivity index (χ1n) is 6.99. The van der Waals surface area contributed by atoms with Crippen LogP contribution in [0.2, 0.25) is 0 Å². The van der Waals surface area contributed by atoms with Gasteiger partial charge >= 0.3 is 0 Å². The summed E-state index contributed by atoms with van der Waals surface area (Å²) in [7, 11) is 0. The average Bonchev–Trinajstić information content (AvgIpc) is 3.07. The number of hydrogen-bond donors (Lipinski definition) is 1. The van der Waals surface area contributed by atoms with Gasteiger partial charge in [-0.2, -0.15) is 0 Å². The van der Waals surface area contributed by atoms with Crippen molar-refractivity contribution in [1.82, 2.24) is 20.4 Å². The first-order chi connectivity index (χ1) is 9.15. The number of nitrogens with one attached hydrogen (secondary N) is 1. The fourth-order valence-electron chi connectivity index (χ4n) is 3.05. The molecule has 2 fully saturated rings. The third-order valence-electron chi connectivity index (χ3n) is 4.16. The van der Waals surface area contributed by atoms with Gasteiger partial charge in [-0.15, -0.1) is 10.2 Å². The van der Waals surface area contributed by atoms with Crippen LogP contribution in [0.1, 0.15) is 43.9 Å². The van der Waals surface area contributed by atoms with E-state index in [0.29, 0.717) is 17.8 Å². The summed E-state index contributed by atoms with van der Waals surface area (Å²) >= 11 is 0. The molecule has 3 atom stereocenters. The van der Waals surface area contributed by atoms with Crippen molar-refractivity contribution in [2.45, 2.75) is 51.1 Å². The van der Waals surface area contributed by atoms with Crippen LogP contribution >= 0.6 is 0 Å². The van der Waals surface area contributed by atoms with Gasteiger partial charge in [0.2, 0.25) is 17.7 Å². The van der Waals surface area contributed by atoms with Crippen LogP contribution in [-0.4, -0.2) is 46.2 Å². The maximum Gasteiger partial charge on any atom is 0.239 e. The molecule has 6 heteroatoms. The number of amides is 1. The molecule has 0 aromatic carbocycles. The van der Waals surface area contributed by atoms with E-state index in [2.05, 4.69) is 22.4 Å². The highest BCUT2D eigenvalue weighted by Gasteiger charge is 2.37. The van der Waals surface area contributed by atoms with E-state index in [1.165, 1.54) is 0 Å². The number of aryl methyl sites for hydroxylation is 1. The van der Waals surface area contributed by atoms with Crippen LogP contribution in [0.5, 0.6) is 0 Å². The van der Waals surface area contributed by atoms with E-state index >= 15 is 0 Å². The molecule has 1 N–H and O–H groups in total. The normalized spacial score (nSPS) is 31.1. The van der Waals surface area contributed by atoms with Crippen molar-refractivity contribution >= 4 is 5.91 Å². The maximum absolute atomic E-state index is 12.4. The second kappa shape index (κ2) is 4.92. The van der Waals surface area contributed by atoms with Crippen LogP contribution in [0, 0.1) is 6.92 Å². The van der Waals surface area contributed by atoms with Crippen LogP contribution < -0.4 is 5.32 Å². The lowest BCUT2D eigenvalue weighted by Gasteiger charge is -2.24. The summed E-state index contributed by atoms with van der Waals surface area (Å²) in [5.74, 6) is 1.62. The molecule has 0 aliphatic carbocycles. The first kappa shape index (κ1) is 12.6. The molecule has 0 radical (unpaired) electrons. The smallest absolute Gasteiger partial charge is 0.239 e. The third kappa shape index (κ3) is 2.36. The summed E-state index contributed by atoms with van der Waals surface area (Å²) < 4.78 is 5.45. The first-order valence-corrected chi connectivity index (χ1v) is 6.99.